The number of amides is 1. The van der Waals surface area contributed by atoms with Crippen molar-refractivity contribution >= 4 is 5.91 Å². The van der Waals surface area contributed by atoms with Crippen molar-refractivity contribution in [2.75, 3.05) is 13.1 Å². The van der Waals surface area contributed by atoms with E-state index in [9.17, 15) is 4.79 Å². The maximum atomic E-state index is 11.6. The third-order valence-electron chi connectivity index (χ3n) is 4.28. The molecule has 0 fully saturated rings. The molecule has 1 atom stereocenters. The summed E-state index contributed by atoms with van der Waals surface area (Å²) in [6, 6.07) is 0. The first-order valence-electron chi connectivity index (χ1n) is 9.76. The number of nitrogens with one attached hydrogen (secondary N) is 1. The second-order valence-electron chi connectivity index (χ2n) is 7.49. The molecule has 0 aliphatic carbocycles. The van der Waals surface area contributed by atoms with Crippen LogP contribution in [-0.4, -0.2) is 19.0 Å². The van der Waals surface area contributed by atoms with Crippen molar-refractivity contribution in [1.29, 1.82) is 0 Å². The van der Waals surface area contributed by atoms with E-state index in [4.69, 9.17) is 5.73 Å². The van der Waals surface area contributed by atoms with Gasteiger partial charge in [0.15, 0.2) is 0 Å². The minimum Gasteiger partial charge on any atom is -0.355 e. The molecule has 0 saturated carbocycles. The zero-order valence-corrected chi connectivity index (χ0v) is 17.2. The van der Waals surface area contributed by atoms with Crippen LogP contribution in [0.3, 0.4) is 0 Å². The van der Waals surface area contributed by atoms with Gasteiger partial charge in [-0.05, 0) is 72.1 Å². The molecule has 0 heterocycles. The van der Waals surface area contributed by atoms with Gasteiger partial charge < -0.3 is 11.1 Å². The molecule has 0 radical (unpaired) electrons. The minimum atomic E-state index is 0.118. The quantitative estimate of drug-likeness (QED) is 0.444. The molecule has 0 aromatic heterocycles. The van der Waals surface area contributed by atoms with Crippen molar-refractivity contribution in [3.05, 3.63) is 34.9 Å². The topological polar surface area (TPSA) is 55.1 Å². The van der Waals surface area contributed by atoms with Gasteiger partial charge >= 0.3 is 0 Å². The molecule has 0 spiro atoms. The molecule has 0 saturated heterocycles. The molecule has 144 valence electrons. The molecule has 0 rings (SSSR count). The Bertz CT molecular complexity index is 457. The van der Waals surface area contributed by atoms with Crippen LogP contribution in [0.2, 0.25) is 0 Å². The molecule has 0 aromatic rings. The van der Waals surface area contributed by atoms with Gasteiger partial charge in [-0.3, -0.25) is 4.79 Å². The van der Waals surface area contributed by atoms with Crippen molar-refractivity contribution in [3.63, 3.8) is 0 Å². The van der Waals surface area contributed by atoms with Crippen LogP contribution >= 0.6 is 0 Å². The number of allylic oxidation sites excluding steroid dienone is 6. The first-order chi connectivity index (χ1) is 11.8. The minimum absolute atomic E-state index is 0.118. The van der Waals surface area contributed by atoms with E-state index in [-0.39, 0.29) is 5.91 Å². The fourth-order valence-electron chi connectivity index (χ4n) is 2.66. The highest BCUT2D eigenvalue weighted by Crippen LogP contribution is 2.15. The second-order valence-corrected chi connectivity index (χ2v) is 7.49. The van der Waals surface area contributed by atoms with Gasteiger partial charge in [0, 0.05) is 19.5 Å². The van der Waals surface area contributed by atoms with Crippen molar-refractivity contribution in [1.82, 2.24) is 5.32 Å². The summed E-state index contributed by atoms with van der Waals surface area (Å²) in [7, 11) is 0. The Morgan fingerprint density at radius 2 is 1.52 bits per heavy atom. The molecular weight excluding hydrogens is 308 g/mol. The van der Waals surface area contributed by atoms with E-state index in [2.05, 4.69) is 58.2 Å². The van der Waals surface area contributed by atoms with Crippen molar-refractivity contribution in [2.45, 2.75) is 79.6 Å². The van der Waals surface area contributed by atoms with Crippen LogP contribution in [-0.2, 0) is 4.79 Å². The van der Waals surface area contributed by atoms with Crippen LogP contribution in [0.15, 0.2) is 34.9 Å². The molecule has 1 amide bonds. The number of nitrogens with two attached hydrogens (primary N) is 1. The van der Waals surface area contributed by atoms with E-state index in [1.165, 1.54) is 16.7 Å². The molecule has 0 aromatic carbocycles. The highest BCUT2D eigenvalue weighted by molar-refractivity contribution is 5.76. The lowest BCUT2D eigenvalue weighted by Gasteiger charge is -2.10. The number of hydrogen-bond donors (Lipinski definition) is 2. The molecule has 3 nitrogen and oxygen atoms in total. The van der Waals surface area contributed by atoms with Gasteiger partial charge in [-0.15, -0.1) is 0 Å². The number of carbonyl (C=O) groups is 1. The van der Waals surface area contributed by atoms with E-state index in [0.29, 0.717) is 25.4 Å². The SMILES string of the molecule is CC(C)=CCCC(C)=CCCC(C)=CCCC(C)CC(=O)NCCN. The third-order valence-corrected chi connectivity index (χ3v) is 4.28. The number of hydrogen-bond acceptors (Lipinski definition) is 2. The molecule has 3 heteroatoms. The Kier molecular flexibility index (Phi) is 14.1. The van der Waals surface area contributed by atoms with E-state index < -0.39 is 0 Å². The maximum Gasteiger partial charge on any atom is 0.220 e. The lowest BCUT2D eigenvalue weighted by molar-refractivity contribution is -0.121. The van der Waals surface area contributed by atoms with Crippen molar-refractivity contribution in [3.8, 4) is 0 Å². The van der Waals surface area contributed by atoms with E-state index in [0.717, 1.165) is 38.5 Å². The number of rotatable bonds is 13. The van der Waals surface area contributed by atoms with Crippen LogP contribution < -0.4 is 11.1 Å². The van der Waals surface area contributed by atoms with Crippen LogP contribution in [0.4, 0.5) is 0 Å². The molecule has 1 unspecified atom stereocenters. The molecular formula is C22H40N2O. The predicted octanol–water partition coefficient (Wildman–Crippen LogP) is 5.29. The summed E-state index contributed by atoms with van der Waals surface area (Å²) in [5.41, 5.74) is 9.73. The molecule has 3 N–H and O–H groups in total. The van der Waals surface area contributed by atoms with Crippen LogP contribution in [0, 0.1) is 5.92 Å². The molecule has 25 heavy (non-hydrogen) atoms. The van der Waals surface area contributed by atoms with E-state index >= 15 is 0 Å². The highest BCUT2D eigenvalue weighted by Gasteiger charge is 2.07. The summed E-state index contributed by atoms with van der Waals surface area (Å²) in [6.45, 7) is 12.0. The smallest absolute Gasteiger partial charge is 0.220 e. The zero-order valence-electron chi connectivity index (χ0n) is 17.2. The first-order valence-corrected chi connectivity index (χ1v) is 9.76. The summed E-state index contributed by atoms with van der Waals surface area (Å²) in [5.74, 6) is 0.534. The van der Waals surface area contributed by atoms with Crippen LogP contribution in [0.1, 0.15) is 79.6 Å². The first kappa shape index (κ1) is 23.6. The second kappa shape index (κ2) is 14.9. The van der Waals surface area contributed by atoms with E-state index in [1.807, 2.05) is 0 Å². The molecule has 0 bridgehead atoms. The Morgan fingerprint density at radius 1 is 0.960 bits per heavy atom. The van der Waals surface area contributed by atoms with Gasteiger partial charge in [-0.2, -0.15) is 0 Å². The zero-order chi connectivity index (χ0) is 19.1. The van der Waals surface area contributed by atoms with Gasteiger partial charge in [0.25, 0.3) is 0 Å². The normalized spacial score (nSPS) is 13.5. The molecule has 0 aliphatic heterocycles. The fraction of sp³-hybridized carbons (Fsp3) is 0.682. The van der Waals surface area contributed by atoms with Crippen molar-refractivity contribution < 1.29 is 4.79 Å². The largest absolute Gasteiger partial charge is 0.355 e. The average Bonchev–Trinajstić information content (AvgIpc) is 2.52. The number of carbonyl (C=O) groups excluding carboxylic acids is 1. The van der Waals surface area contributed by atoms with Gasteiger partial charge in [-0.25, -0.2) is 0 Å². The third kappa shape index (κ3) is 15.9. The lowest BCUT2D eigenvalue weighted by atomic mass is 9.99. The summed E-state index contributed by atoms with van der Waals surface area (Å²) in [5, 5.41) is 2.83. The van der Waals surface area contributed by atoms with E-state index in [1.54, 1.807) is 0 Å². The average molecular weight is 349 g/mol. The lowest BCUT2D eigenvalue weighted by Crippen LogP contribution is -2.29. The fourth-order valence-corrected chi connectivity index (χ4v) is 2.66. The monoisotopic (exact) mass is 348 g/mol. The van der Waals surface area contributed by atoms with Gasteiger partial charge in [0.2, 0.25) is 5.91 Å². The summed E-state index contributed by atoms with van der Waals surface area (Å²) < 4.78 is 0. The highest BCUT2D eigenvalue weighted by atomic mass is 16.1. The van der Waals surface area contributed by atoms with Crippen LogP contribution in [0.5, 0.6) is 0 Å². The standard InChI is InChI=1S/C22H40N2O/c1-18(2)9-6-10-19(3)11-7-12-20(4)13-8-14-21(5)17-22(25)24-16-15-23/h9,11,13,21H,6-8,10,12,14-17,23H2,1-5H3,(H,24,25). The Morgan fingerprint density at radius 3 is 2.08 bits per heavy atom. The van der Waals surface area contributed by atoms with Gasteiger partial charge in [-0.1, -0.05) is 41.9 Å². The Labute approximate surface area is 155 Å². The van der Waals surface area contributed by atoms with Crippen LogP contribution in [0.25, 0.3) is 0 Å². The van der Waals surface area contributed by atoms with Crippen molar-refractivity contribution in [2.24, 2.45) is 11.7 Å². The van der Waals surface area contributed by atoms with Gasteiger partial charge in [0.05, 0.1) is 0 Å². The van der Waals surface area contributed by atoms with Gasteiger partial charge in [0.1, 0.15) is 0 Å². The predicted molar refractivity (Wildman–Crippen MR) is 110 cm³/mol. The summed E-state index contributed by atoms with van der Waals surface area (Å²) in [4.78, 5) is 11.6. The Hall–Kier alpha value is -1.35. The summed E-state index contributed by atoms with van der Waals surface area (Å²) >= 11 is 0. The molecule has 0 aliphatic rings. The Balaban J connectivity index is 3.93. The maximum absolute atomic E-state index is 11.6. The summed E-state index contributed by atoms with van der Waals surface area (Å²) in [6.07, 6.45) is 14.3.